The van der Waals surface area contributed by atoms with Gasteiger partial charge in [-0.2, -0.15) is 5.10 Å². The molecule has 0 saturated heterocycles. The second kappa shape index (κ2) is 6.20. The van der Waals surface area contributed by atoms with Crippen molar-refractivity contribution in [1.29, 1.82) is 0 Å². The second-order valence-electron chi connectivity index (χ2n) is 4.88. The summed E-state index contributed by atoms with van der Waals surface area (Å²) in [5, 5.41) is 16.1. The summed E-state index contributed by atoms with van der Waals surface area (Å²) in [5.41, 5.74) is 0.00712. The van der Waals surface area contributed by atoms with Crippen LogP contribution in [-0.4, -0.2) is 27.0 Å². The smallest absolute Gasteiger partial charge is 0.287 e. The molecule has 0 bridgehead atoms. The number of hydrogen-bond donors (Lipinski definition) is 2. The summed E-state index contributed by atoms with van der Waals surface area (Å²) in [4.78, 5) is 11.8. The molecule has 0 unspecified atom stereocenters. The van der Waals surface area contributed by atoms with Crippen LogP contribution in [0.5, 0.6) is 0 Å². The fraction of sp³-hybridized carbons (Fsp3) is 0.667. The molecule has 0 spiro atoms. The predicted molar refractivity (Wildman–Crippen MR) is 73.2 cm³/mol. The summed E-state index contributed by atoms with van der Waals surface area (Å²) in [6.45, 7) is 6.20. The van der Waals surface area contributed by atoms with Crippen molar-refractivity contribution in [2.75, 3.05) is 11.9 Å². The van der Waals surface area contributed by atoms with Gasteiger partial charge in [0, 0.05) is 5.54 Å². The number of hydrogen-bond acceptors (Lipinski definition) is 4. The third kappa shape index (κ3) is 3.71. The minimum Gasteiger partial charge on any atom is -0.394 e. The van der Waals surface area contributed by atoms with Crippen molar-refractivity contribution in [2.24, 2.45) is 0 Å². The van der Waals surface area contributed by atoms with E-state index in [9.17, 15) is 4.79 Å². The molecule has 2 N–H and O–H groups in total. The molecular weight excluding hydrogens is 254 g/mol. The maximum Gasteiger partial charge on any atom is 0.287 e. The van der Waals surface area contributed by atoms with Gasteiger partial charge >= 0.3 is 0 Å². The minimum absolute atomic E-state index is 0.114. The van der Waals surface area contributed by atoms with Crippen molar-refractivity contribution >= 4 is 17.3 Å². The molecule has 102 valence electrons. The molecule has 1 rings (SSSR count). The predicted octanol–water partition coefficient (Wildman–Crippen LogP) is 1.88. The lowest BCUT2D eigenvalue weighted by molar-refractivity contribution is 0.266. The van der Waals surface area contributed by atoms with Gasteiger partial charge < -0.3 is 10.4 Å². The molecule has 18 heavy (non-hydrogen) atoms. The second-order valence-corrected chi connectivity index (χ2v) is 5.26. The van der Waals surface area contributed by atoms with Crippen LogP contribution in [0, 0.1) is 0 Å². The van der Waals surface area contributed by atoms with Crippen LogP contribution in [0.15, 0.2) is 11.0 Å². The van der Waals surface area contributed by atoms with Crippen LogP contribution >= 0.6 is 11.6 Å². The Balaban J connectivity index is 2.99. The lowest BCUT2D eigenvalue weighted by atomic mass is 9.99. The summed E-state index contributed by atoms with van der Waals surface area (Å²) in [7, 11) is 0. The quantitative estimate of drug-likeness (QED) is 0.830. The third-order valence-electron chi connectivity index (χ3n) is 2.64. The largest absolute Gasteiger partial charge is 0.394 e. The van der Waals surface area contributed by atoms with Crippen LogP contribution < -0.4 is 10.9 Å². The van der Waals surface area contributed by atoms with E-state index in [4.69, 9.17) is 16.7 Å². The highest BCUT2D eigenvalue weighted by molar-refractivity contribution is 6.32. The molecule has 5 nitrogen and oxygen atoms in total. The van der Waals surface area contributed by atoms with Gasteiger partial charge in [-0.1, -0.05) is 24.9 Å². The molecule has 0 radical (unpaired) electrons. The zero-order chi connectivity index (χ0) is 13.8. The molecule has 0 atom stereocenters. The number of halogens is 1. The maximum absolute atomic E-state index is 11.8. The lowest BCUT2D eigenvalue weighted by Gasteiger charge is -2.27. The molecule has 0 fully saturated rings. The number of rotatable bonds is 6. The van der Waals surface area contributed by atoms with E-state index < -0.39 is 0 Å². The van der Waals surface area contributed by atoms with Crippen molar-refractivity contribution in [3.63, 3.8) is 0 Å². The maximum atomic E-state index is 11.8. The Morgan fingerprint density at radius 1 is 1.56 bits per heavy atom. The molecule has 1 heterocycles. The molecule has 0 aromatic carbocycles. The van der Waals surface area contributed by atoms with Crippen molar-refractivity contribution in [2.45, 2.75) is 45.7 Å². The number of aromatic nitrogens is 2. The number of aliphatic hydroxyl groups excluding tert-OH is 1. The summed E-state index contributed by atoms with van der Waals surface area (Å²) < 4.78 is 1.15. The van der Waals surface area contributed by atoms with E-state index in [0.29, 0.717) is 5.69 Å². The average Bonchev–Trinajstić information content (AvgIpc) is 2.29. The summed E-state index contributed by atoms with van der Waals surface area (Å²) in [6, 6.07) is 0. The topological polar surface area (TPSA) is 67.2 Å². The Kier molecular flexibility index (Phi) is 5.16. The summed E-state index contributed by atoms with van der Waals surface area (Å²) in [5.74, 6) is 0. The van der Waals surface area contributed by atoms with Crippen LogP contribution in [0.25, 0.3) is 0 Å². The van der Waals surface area contributed by atoms with Crippen LogP contribution in [-0.2, 0) is 6.54 Å². The van der Waals surface area contributed by atoms with Crippen molar-refractivity contribution in [1.82, 2.24) is 9.78 Å². The van der Waals surface area contributed by atoms with E-state index in [1.807, 2.05) is 13.8 Å². The van der Waals surface area contributed by atoms with Gasteiger partial charge in [0.15, 0.2) is 0 Å². The fourth-order valence-electron chi connectivity index (χ4n) is 1.86. The molecule has 1 aromatic heterocycles. The van der Waals surface area contributed by atoms with E-state index in [0.717, 1.165) is 17.5 Å². The van der Waals surface area contributed by atoms with Gasteiger partial charge in [-0.3, -0.25) is 4.79 Å². The molecule has 0 saturated carbocycles. The highest BCUT2D eigenvalue weighted by atomic mass is 35.5. The summed E-state index contributed by atoms with van der Waals surface area (Å²) >= 11 is 6.02. The van der Waals surface area contributed by atoms with Crippen molar-refractivity contribution < 1.29 is 5.11 Å². The van der Waals surface area contributed by atoms with E-state index in [2.05, 4.69) is 17.3 Å². The van der Waals surface area contributed by atoms with Crippen LogP contribution in [0.1, 0.15) is 33.6 Å². The van der Waals surface area contributed by atoms with Crippen molar-refractivity contribution in [3.8, 4) is 0 Å². The van der Waals surface area contributed by atoms with E-state index >= 15 is 0 Å². The van der Waals surface area contributed by atoms with E-state index in [1.54, 1.807) is 0 Å². The Morgan fingerprint density at radius 2 is 2.22 bits per heavy atom. The molecule has 0 aliphatic rings. The monoisotopic (exact) mass is 273 g/mol. The average molecular weight is 274 g/mol. The SMILES string of the molecule is CCCC(C)(C)Nc1cnn(CCO)c(=O)c1Cl. The Hall–Kier alpha value is -1.07. The molecule has 0 aliphatic heterocycles. The minimum atomic E-state index is -0.386. The first-order valence-corrected chi connectivity index (χ1v) is 6.43. The van der Waals surface area contributed by atoms with Crippen LogP contribution in [0.3, 0.4) is 0 Å². The van der Waals surface area contributed by atoms with Gasteiger partial charge in [-0.15, -0.1) is 0 Å². The third-order valence-corrected chi connectivity index (χ3v) is 3.01. The number of nitrogens with zero attached hydrogens (tertiary/aromatic N) is 2. The zero-order valence-electron chi connectivity index (χ0n) is 11.0. The van der Waals surface area contributed by atoms with Gasteiger partial charge in [-0.05, 0) is 20.3 Å². The Labute approximate surface area is 112 Å². The first kappa shape index (κ1) is 15.0. The van der Waals surface area contributed by atoms with Gasteiger partial charge in [-0.25, -0.2) is 4.68 Å². The highest BCUT2D eigenvalue weighted by Crippen LogP contribution is 2.23. The van der Waals surface area contributed by atoms with Gasteiger partial charge in [0.25, 0.3) is 5.56 Å². The number of nitrogens with one attached hydrogen (secondary N) is 1. The highest BCUT2D eigenvalue weighted by Gasteiger charge is 2.19. The first-order chi connectivity index (χ1) is 8.41. The van der Waals surface area contributed by atoms with Gasteiger partial charge in [0.05, 0.1) is 25.0 Å². The normalized spacial score (nSPS) is 11.6. The van der Waals surface area contributed by atoms with Crippen molar-refractivity contribution in [3.05, 3.63) is 21.6 Å². The summed E-state index contributed by atoms with van der Waals surface area (Å²) in [6.07, 6.45) is 3.52. The molecule has 0 aliphatic carbocycles. The molecular formula is C12H20ClN3O2. The van der Waals surface area contributed by atoms with E-state index in [-0.39, 0.29) is 29.3 Å². The number of aliphatic hydroxyl groups is 1. The standard InChI is InChI=1S/C12H20ClN3O2/c1-4-5-12(2,3)15-9-8-14-16(6-7-17)11(18)10(9)13/h8,15,17H,4-7H2,1-3H3. The van der Waals surface area contributed by atoms with Crippen LogP contribution in [0.4, 0.5) is 5.69 Å². The molecule has 0 amide bonds. The number of anilines is 1. The molecule has 1 aromatic rings. The first-order valence-electron chi connectivity index (χ1n) is 6.06. The van der Waals surface area contributed by atoms with E-state index in [1.165, 1.54) is 6.20 Å². The molecule has 6 heteroatoms. The van der Waals surface area contributed by atoms with Gasteiger partial charge in [0.1, 0.15) is 5.02 Å². The zero-order valence-corrected chi connectivity index (χ0v) is 11.8. The Bertz CT molecular complexity index is 457. The Morgan fingerprint density at radius 3 is 2.78 bits per heavy atom. The van der Waals surface area contributed by atoms with Gasteiger partial charge in [0.2, 0.25) is 0 Å². The lowest BCUT2D eigenvalue weighted by Crippen LogP contribution is -2.33. The fourth-order valence-corrected chi connectivity index (χ4v) is 2.05. The van der Waals surface area contributed by atoms with Crippen LogP contribution in [0.2, 0.25) is 5.02 Å².